The minimum atomic E-state index is 0.306. The van der Waals surface area contributed by atoms with Crippen molar-refractivity contribution in [1.82, 2.24) is 0 Å². The molecule has 0 bridgehead atoms. The molecule has 0 unspecified atom stereocenters. The molecule has 3 aromatic rings. The van der Waals surface area contributed by atoms with Crippen molar-refractivity contribution in [3.63, 3.8) is 0 Å². The zero-order chi connectivity index (χ0) is 25.2. The van der Waals surface area contributed by atoms with E-state index in [1.54, 1.807) is 0 Å². The van der Waals surface area contributed by atoms with Crippen molar-refractivity contribution in [2.24, 2.45) is 5.41 Å². The molecular weight excluding hydrogens is 396 g/mol. The second kappa shape index (κ2) is 12.7. The van der Waals surface area contributed by atoms with E-state index >= 15 is 0 Å². The zero-order valence-corrected chi connectivity index (χ0v) is 21.6. The van der Waals surface area contributed by atoms with Gasteiger partial charge in [0, 0.05) is 0 Å². The van der Waals surface area contributed by atoms with E-state index in [0.717, 1.165) is 6.42 Å². The molecule has 0 amide bonds. The van der Waals surface area contributed by atoms with Gasteiger partial charge in [0.25, 0.3) is 0 Å². The number of terminal acetylenes is 1. The van der Waals surface area contributed by atoms with Crippen molar-refractivity contribution in [3.05, 3.63) is 108 Å². The Hall–Kier alpha value is -3.30. The summed E-state index contributed by atoms with van der Waals surface area (Å²) in [6.45, 7) is 22.8. The summed E-state index contributed by atoms with van der Waals surface area (Å²) in [4.78, 5) is 0. The Balaban J connectivity index is 0.000000520. The van der Waals surface area contributed by atoms with E-state index in [4.69, 9.17) is 0 Å². The summed E-state index contributed by atoms with van der Waals surface area (Å²) in [6, 6.07) is 24.3. The van der Waals surface area contributed by atoms with Crippen LogP contribution in [-0.4, -0.2) is 0 Å². The highest BCUT2D eigenvalue weighted by Gasteiger charge is 2.09. The van der Waals surface area contributed by atoms with Gasteiger partial charge in [0.2, 0.25) is 0 Å². The number of benzene rings is 3. The normalized spacial score (nSPS) is 10.2. The van der Waals surface area contributed by atoms with Gasteiger partial charge >= 0.3 is 0 Å². The molecule has 0 saturated heterocycles. The summed E-state index contributed by atoms with van der Waals surface area (Å²) in [7, 11) is 0. The summed E-state index contributed by atoms with van der Waals surface area (Å²) >= 11 is 0. The summed E-state index contributed by atoms with van der Waals surface area (Å²) in [5.74, 6) is 0. The Morgan fingerprint density at radius 1 is 0.727 bits per heavy atom. The van der Waals surface area contributed by atoms with Gasteiger partial charge < -0.3 is 0 Å². The lowest BCUT2D eigenvalue weighted by Gasteiger charge is -2.16. The third-order valence-corrected chi connectivity index (χ3v) is 5.56. The Labute approximate surface area is 203 Å². The minimum absolute atomic E-state index is 0.306. The number of allylic oxidation sites excluding steroid dienone is 2. The van der Waals surface area contributed by atoms with Crippen LogP contribution >= 0.6 is 0 Å². The molecule has 0 fully saturated rings. The van der Waals surface area contributed by atoms with E-state index in [1.165, 1.54) is 50.1 Å². The lowest BCUT2D eigenvalue weighted by molar-refractivity contribution is 0.506. The fourth-order valence-electron chi connectivity index (χ4n) is 3.08. The Morgan fingerprint density at radius 2 is 1.27 bits per heavy atom. The van der Waals surface area contributed by atoms with E-state index in [9.17, 15) is 0 Å². The van der Waals surface area contributed by atoms with E-state index < -0.39 is 0 Å². The predicted octanol–water partition coefficient (Wildman–Crippen LogP) is 9.61. The van der Waals surface area contributed by atoms with Gasteiger partial charge in [0.1, 0.15) is 0 Å². The van der Waals surface area contributed by atoms with E-state index in [0.29, 0.717) is 5.41 Å². The smallest absolute Gasteiger partial charge is 0.00724 e. The number of aryl methyl sites for hydroxylation is 2. The van der Waals surface area contributed by atoms with Crippen molar-refractivity contribution in [2.45, 2.75) is 54.9 Å². The van der Waals surface area contributed by atoms with Gasteiger partial charge in [-0.05, 0) is 67.3 Å². The van der Waals surface area contributed by atoms with Crippen LogP contribution in [0.4, 0.5) is 0 Å². The average molecular weight is 437 g/mol. The molecule has 0 aliphatic heterocycles. The second-order valence-corrected chi connectivity index (χ2v) is 9.78. The van der Waals surface area contributed by atoms with Crippen LogP contribution in [0.3, 0.4) is 0 Å². The van der Waals surface area contributed by atoms with Gasteiger partial charge in [-0.3, -0.25) is 0 Å². The van der Waals surface area contributed by atoms with Crippen LogP contribution in [0.15, 0.2) is 91.0 Å². The highest BCUT2D eigenvalue weighted by Crippen LogP contribution is 2.33. The number of hydrogen-bond donors (Lipinski definition) is 0. The third-order valence-electron chi connectivity index (χ3n) is 5.56. The maximum Gasteiger partial charge on any atom is -0.00724 e. The average Bonchev–Trinajstić information content (AvgIpc) is 2.75. The van der Waals surface area contributed by atoms with Crippen molar-refractivity contribution in [3.8, 4) is 35.1 Å². The van der Waals surface area contributed by atoms with Crippen molar-refractivity contribution >= 4 is 0 Å². The minimum Gasteiger partial charge on any atom is -0.124 e. The lowest BCUT2D eigenvalue weighted by Crippen LogP contribution is -2.04. The molecule has 0 nitrogen and oxygen atoms in total. The van der Waals surface area contributed by atoms with E-state index in [-0.39, 0.29) is 0 Å². The van der Waals surface area contributed by atoms with Crippen molar-refractivity contribution < 1.29 is 0 Å². The maximum atomic E-state index is 4.04. The summed E-state index contributed by atoms with van der Waals surface area (Å²) < 4.78 is 0. The highest BCUT2D eigenvalue weighted by molar-refractivity contribution is 5.84. The molecular formula is C33H40. The molecule has 0 saturated carbocycles. The molecule has 3 aromatic carbocycles. The zero-order valence-electron chi connectivity index (χ0n) is 21.6. The molecule has 0 atom stereocenters. The first-order valence-electron chi connectivity index (χ1n) is 11.4. The molecule has 3 rings (SSSR count). The fraction of sp³-hybridized carbons (Fsp3) is 0.273. The van der Waals surface area contributed by atoms with Crippen LogP contribution in [0.5, 0.6) is 0 Å². The predicted molar refractivity (Wildman–Crippen MR) is 149 cm³/mol. The molecule has 33 heavy (non-hydrogen) atoms. The summed E-state index contributed by atoms with van der Waals surface area (Å²) in [5.41, 5.74) is 11.7. The molecule has 172 valence electrons. The summed E-state index contributed by atoms with van der Waals surface area (Å²) in [5, 5.41) is 0. The van der Waals surface area contributed by atoms with Crippen LogP contribution in [-0.2, 0) is 6.42 Å². The molecule has 0 aromatic heterocycles. The van der Waals surface area contributed by atoms with Gasteiger partial charge in [-0.2, -0.15) is 0 Å². The van der Waals surface area contributed by atoms with Crippen LogP contribution in [0.1, 0.15) is 51.3 Å². The van der Waals surface area contributed by atoms with Crippen molar-refractivity contribution in [2.75, 3.05) is 0 Å². The highest BCUT2D eigenvalue weighted by atomic mass is 14.1. The molecule has 0 heteroatoms. The van der Waals surface area contributed by atoms with Gasteiger partial charge in [-0.25, -0.2) is 0 Å². The molecule has 0 aliphatic carbocycles. The van der Waals surface area contributed by atoms with E-state index in [1.807, 2.05) is 0 Å². The quantitative estimate of drug-likeness (QED) is 0.282. The molecule has 0 radical (unpaired) electrons. The Morgan fingerprint density at radius 3 is 1.79 bits per heavy atom. The first-order valence-corrected chi connectivity index (χ1v) is 11.4. The summed E-state index contributed by atoms with van der Waals surface area (Å²) in [6.07, 6.45) is 8.93. The Bertz CT molecular complexity index is 1080. The van der Waals surface area contributed by atoms with Crippen LogP contribution in [0, 0.1) is 32.1 Å². The van der Waals surface area contributed by atoms with Crippen molar-refractivity contribution in [1.29, 1.82) is 0 Å². The van der Waals surface area contributed by atoms with Crippen LogP contribution in [0.2, 0.25) is 0 Å². The van der Waals surface area contributed by atoms with Gasteiger partial charge in [-0.15, -0.1) is 12.8 Å². The maximum absolute atomic E-state index is 4.04. The third kappa shape index (κ3) is 8.99. The molecule has 0 N–H and O–H groups in total. The monoisotopic (exact) mass is 436 g/mol. The molecule has 0 spiro atoms. The van der Waals surface area contributed by atoms with Gasteiger partial charge in [0.15, 0.2) is 0 Å². The van der Waals surface area contributed by atoms with Gasteiger partial charge in [0.05, 0.1) is 0 Å². The van der Waals surface area contributed by atoms with E-state index in [2.05, 4.69) is 141 Å². The van der Waals surface area contributed by atoms with Gasteiger partial charge in [-0.1, -0.05) is 123 Å². The second-order valence-electron chi connectivity index (χ2n) is 9.78. The number of hydrogen-bond acceptors (Lipinski definition) is 0. The molecule has 0 aliphatic rings. The standard InChI is InChI=1S/C24H24.C7H14.C2H2/c1-17(2)14-20-6-5-7-22(16-20)23-13-10-19(4)15-24(23)21-11-8-18(3)9-12-21;1-6(2)7(3,4)5;1-2/h5-13,15-16H,1,14H2,2-4H3;1H2,2-5H3;1-2H. The molecule has 0 heterocycles. The lowest BCUT2D eigenvalue weighted by atomic mass is 9.89. The SMILES string of the molecule is C#C.C=C(C)C(C)(C)C.C=C(C)Cc1cccc(-c2ccc(C)cc2-c2ccc(C)cc2)c1. The number of rotatable bonds is 4. The largest absolute Gasteiger partial charge is 0.124 e. The first kappa shape index (κ1) is 27.7. The fourth-order valence-corrected chi connectivity index (χ4v) is 3.08. The first-order chi connectivity index (χ1) is 15.5. The van der Waals surface area contributed by atoms with Crippen LogP contribution < -0.4 is 0 Å². The van der Waals surface area contributed by atoms with Crippen LogP contribution in [0.25, 0.3) is 22.3 Å². The topological polar surface area (TPSA) is 0 Å². The Kier molecular flexibility index (Phi) is 10.6.